The van der Waals surface area contributed by atoms with Crippen molar-refractivity contribution in [1.29, 1.82) is 5.26 Å². The number of nitrogens with one attached hydrogen (secondary N) is 2. The van der Waals surface area contributed by atoms with E-state index in [1.165, 1.54) is 11.3 Å². The van der Waals surface area contributed by atoms with E-state index in [2.05, 4.69) is 16.7 Å². The highest BCUT2D eigenvalue weighted by atomic mass is 32.1. The van der Waals surface area contributed by atoms with E-state index in [4.69, 9.17) is 5.73 Å². The van der Waals surface area contributed by atoms with Gasteiger partial charge in [-0.05, 0) is 56.2 Å². The van der Waals surface area contributed by atoms with Gasteiger partial charge in [-0.2, -0.15) is 5.26 Å². The Morgan fingerprint density at radius 3 is 2.69 bits per heavy atom. The molecule has 184 valence electrons. The molecule has 4 atom stereocenters. The highest BCUT2D eigenvalue weighted by molar-refractivity contribution is 7.17. The van der Waals surface area contributed by atoms with Crippen LogP contribution in [0.3, 0.4) is 0 Å². The lowest BCUT2D eigenvalue weighted by Gasteiger charge is -2.29. The number of imide groups is 1. The van der Waals surface area contributed by atoms with Gasteiger partial charge in [0, 0.05) is 28.6 Å². The van der Waals surface area contributed by atoms with E-state index >= 15 is 0 Å². The summed E-state index contributed by atoms with van der Waals surface area (Å²) < 4.78 is 0. The lowest BCUT2D eigenvalue weighted by Crippen LogP contribution is -2.53. The summed E-state index contributed by atoms with van der Waals surface area (Å²) in [5.74, 6) is -4.12. The van der Waals surface area contributed by atoms with Gasteiger partial charge < -0.3 is 11.1 Å². The van der Waals surface area contributed by atoms with E-state index in [0.717, 1.165) is 52.2 Å². The van der Waals surface area contributed by atoms with Gasteiger partial charge >= 0.3 is 0 Å². The van der Waals surface area contributed by atoms with Crippen molar-refractivity contribution in [3.8, 4) is 6.07 Å². The minimum absolute atomic E-state index is 0.199. The van der Waals surface area contributed by atoms with Crippen molar-refractivity contribution in [2.75, 3.05) is 10.2 Å². The number of hydrogen-bond acceptors (Lipinski definition) is 7. The quantitative estimate of drug-likeness (QED) is 0.546. The van der Waals surface area contributed by atoms with Crippen LogP contribution in [0.15, 0.2) is 12.1 Å². The third-order valence-corrected chi connectivity index (χ3v) is 9.59. The molecule has 1 aromatic heterocycles. The molecule has 6 rings (SSSR count). The molecule has 1 aliphatic carbocycles. The maximum absolute atomic E-state index is 14.1. The molecule has 3 aliphatic heterocycles. The molecule has 0 saturated carbocycles. The van der Waals surface area contributed by atoms with Crippen molar-refractivity contribution in [2.24, 2.45) is 17.6 Å². The van der Waals surface area contributed by atoms with Gasteiger partial charge in [0.05, 0.1) is 17.4 Å². The predicted octanol–water partition coefficient (Wildman–Crippen LogP) is 1.92. The molecule has 9 nitrogen and oxygen atoms in total. The second kappa shape index (κ2) is 7.72. The zero-order chi connectivity index (χ0) is 25.5. The number of nitrogens with two attached hydrogens (primary N) is 1. The van der Waals surface area contributed by atoms with Crippen LogP contribution in [-0.4, -0.2) is 29.7 Å². The Hall–Kier alpha value is -3.55. The number of benzene rings is 1. The fourth-order valence-corrected chi connectivity index (χ4v) is 7.88. The molecule has 2 saturated heterocycles. The van der Waals surface area contributed by atoms with Crippen LogP contribution >= 0.6 is 11.3 Å². The lowest BCUT2D eigenvalue weighted by atomic mass is 9.76. The summed E-state index contributed by atoms with van der Waals surface area (Å²) in [5, 5.41) is 16.5. The van der Waals surface area contributed by atoms with Crippen molar-refractivity contribution in [3.05, 3.63) is 44.8 Å². The largest absolute Gasteiger partial charge is 0.370 e. The van der Waals surface area contributed by atoms with Gasteiger partial charge in [0.2, 0.25) is 23.6 Å². The smallest absolute Gasteiger partial charge is 0.250 e. The van der Waals surface area contributed by atoms with E-state index in [9.17, 15) is 24.4 Å². The van der Waals surface area contributed by atoms with Crippen LogP contribution in [0.25, 0.3) is 0 Å². The van der Waals surface area contributed by atoms with Crippen LogP contribution in [-0.2, 0) is 37.6 Å². The number of thiophene rings is 1. The maximum atomic E-state index is 14.1. The SMILES string of the molecule is Cc1ccc2c(c1C)NC(=O)[C@]21N[C@H](CC(N)=O)[C@H]2C(=O)N(c3sc4c(c3C#N)CCCC4)C(=O)[C@H]21. The number of nitrogens with zero attached hydrogens (tertiary/aromatic N) is 2. The first-order chi connectivity index (χ1) is 17.2. The summed E-state index contributed by atoms with van der Waals surface area (Å²) in [6, 6.07) is 5.11. The number of hydrogen-bond donors (Lipinski definition) is 3. The summed E-state index contributed by atoms with van der Waals surface area (Å²) in [7, 11) is 0. The van der Waals surface area contributed by atoms with E-state index < -0.39 is 47.0 Å². The van der Waals surface area contributed by atoms with Crippen LogP contribution in [0.5, 0.6) is 0 Å². The number of rotatable bonds is 3. The number of carbonyl (C=O) groups excluding carboxylic acids is 4. The Morgan fingerprint density at radius 1 is 1.22 bits per heavy atom. The number of carbonyl (C=O) groups is 4. The van der Waals surface area contributed by atoms with Gasteiger partial charge in [-0.15, -0.1) is 11.3 Å². The van der Waals surface area contributed by atoms with Gasteiger partial charge in [0.1, 0.15) is 16.6 Å². The van der Waals surface area contributed by atoms with Gasteiger partial charge in [0.15, 0.2) is 0 Å². The summed E-state index contributed by atoms with van der Waals surface area (Å²) in [6.45, 7) is 3.82. The molecule has 2 fully saturated rings. The molecular formula is C26H25N5O4S. The molecule has 4 heterocycles. The van der Waals surface area contributed by atoms with Crippen molar-refractivity contribution in [2.45, 2.75) is 57.5 Å². The summed E-state index contributed by atoms with van der Waals surface area (Å²) in [5.41, 5.74) is 8.36. The van der Waals surface area contributed by atoms with E-state index in [1.807, 2.05) is 19.9 Å². The van der Waals surface area contributed by atoms with E-state index in [-0.39, 0.29) is 6.42 Å². The fourth-order valence-electron chi connectivity index (χ4n) is 6.54. The minimum atomic E-state index is -1.51. The van der Waals surface area contributed by atoms with Crippen molar-refractivity contribution >= 4 is 45.7 Å². The first kappa shape index (κ1) is 22.9. The maximum Gasteiger partial charge on any atom is 0.250 e. The number of nitriles is 1. The number of amides is 4. The van der Waals surface area contributed by atoms with Crippen molar-refractivity contribution in [3.63, 3.8) is 0 Å². The molecule has 10 heteroatoms. The Labute approximate surface area is 211 Å². The topological polar surface area (TPSA) is 145 Å². The number of fused-ring (bicyclic) bond motifs is 5. The number of primary amides is 1. The molecule has 1 aromatic carbocycles. The van der Waals surface area contributed by atoms with E-state index in [0.29, 0.717) is 21.8 Å². The van der Waals surface area contributed by atoms with Crippen molar-refractivity contribution in [1.82, 2.24) is 5.32 Å². The Bertz CT molecular complexity index is 1440. The first-order valence-electron chi connectivity index (χ1n) is 12.1. The Kier molecular flexibility index (Phi) is 4.91. The highest BCUT2D eigenvalue weighted by Gasteiger charge is 2.71. The Balaban J connectivity index is 1.53. The van der Waals surface area contributed by atoms with Crippen LogP contribution in [0.1, 0.15) is 52.0 Å². The summed E-state index contributed by atoms with van der Waals surface area (Å²) >= 11 is 1.32. The first-order valence-corrected chi connectivity index (χ1v) is 12.9. The standard InChI is InChI=1S/C26H25N5O4S/c1-11-7-8-15-21(12(11)2)29-25(35)26(15)20-19(16(30-26)9-18(28)32)22(33)31(23(20)34)24-14(10-27)13-5-3-4-6-17(13)36-24/h7-8,16,19-20,30H,3-6,9H2,1-2H3,(H2,28,32)(H,29,35)/t16-,19-,20+,26+/m1/s1. The van der Waals surface area contributed by atoms with Gasteiger partial charge in [0.25, 0.3) is 0 Å². The zero-order valence-electron chi connectivity index (χ0n) is 19.9. The average Bonchev–Trinajstić information content (AvgIpc) is 3.52. The minimum Gasteiger partial charge on any atom is -0.370 e. The second-order valence-electron chi connectivity index (χ2n) is 10.1. The van der Waals surface area contributed by atoms with Crippen LogP contribution in [0, 0.1) is 37.0 Å². The molecule has 36 heavy (non-hydrogen) atoms. The molecule has 0 unspecified atom stereocenters. The molecule has 2 aromatic rings. The average molecular weight is 504 g/mol. The molecular weight excluding hydrogens is 478 g/mol. The number of anilines is 2. The second-order valence-corrected chi connectivity index (χ2v) is 11.2. The third kappa shape index (κ3) is 2.78. The van der Waals surface area contributed by atoms with Gasteiger partial charge in [-0.3, -0.25) is 24.5 Å². The molecule has 0 bridgehead atoms. The van der Waals surface area contributed by atoms with Gasteiger partial charge in [-0.25, -0.2) is 4.90 Å². The Morgan fingerprint density at radius 2 is 1.97 bits per heavy atom. The van der Waals surface area contributed by atoms with Crippen molar-refractivity contribution < 1.29 is 19.2 Å². The lowest BCUT2D eigenvalue weighted by molar-refractivity contribution is -0.130. The molecule has 0 radical (unpaired) electrons. The predicted molar refractivity (Wildman–Crippen MR) is 132 cm³/mol. The molecule has 1 spiro atoms. The van der Waals surface area contributed by atoms with Gasteiger partial charge in [-0.1, -0.05) is 12.1 Å². The molecule has 4 amide bonds. The fraction of sp³-hybridized carbons (Fsp3) is 0.423. The van der Waals surface area contributed by atoms with E-state index in [1.54, 1.807) is 6.07 Å². The summed E-state index contributed by atoms with van der Waals surface area (Å²) in [4.78, 5) is 55.8. The highest BCUT2D eigenvalue weighted by Crippen LogP contribution is 2.55. The van der Waals surface area contributed by atoms with Crippen LogP contribution in [0.2, 0.25) is 0 Å². The molecule has 4 N–H and O–H groups in total. The summed E-state index contributed by atoms with van der Waals surface area (Å²) in [6.07, 6.45) is 3.29. The monoisotopic (exact) mass is 503 g/mol. The number of aryl methyl sites for hydroxylation is 2. The van der Waals surface area contributed by atoms with Crippen LogP contribution in [0.4, 0.5) is 10.7 Å². The van der Waals surface area contributed by atoms with Crippen LogP contribution < -0.4 is 21.3 Å². The third-order valence-electron chi connectivity index (χ3n) is 8.31. The zero-order valence-corrected chi connectivity index (χ0v) is 20.8. The normalized spacial score (nSPS) is 28.2. The molecule has 4 aliphatic rings.